The Morgan fingerprint density at radius 3 is 2.28 bits per heavy atom. The van der Waals surface area contributed by atoms with Crippen LogP contribution in [0.2, 0.25) is 0 Å². The van der Waals surface area contributed by atoms with Gasteiger partial charge in [0, 0.05) is 6.42 Å². The summed E-state index contributed by atoms with van der Waals surface area (Å²) in [5, 5.41) is 29.0. The second-order valence-corrected chi connectivity index (χ2v) is 5.61. The number of allylic oxidation sites excluding steroid dienone is 2. The Labute approximate surface area is 110 Å². The Kier molecular flexibility index (Phi) is 6.54. The summed E-state index contributed by atoms with van der Waals surface area (Å²) in [6, 6.07) is 0. The predicted octanol–water partition coefficient (Wildman–Crippen LogP) is 2.34. The zero-order valence-corrected chi connectivity index (χ0v) is 11.8. The van der Waals surface area contributed by atoms with Crippen LogP contribution < -0.4 is 0 Å². The summed E-state index contributed by atoms with van der Waals surface area (Å²) in [5.74, 6) is 0. The molecule has 0 aliphatic rings. The number of hydrogen-bond donors (Lipinski definition) is 3. The monoisotopic (exact) mass is 254 g/mol. The van der Waals surface area contributed by atoms with E-state index in [0.717, 1.165) is 5.57 Å². The molecule has 3 N–H and O–H groups in total. The van der Waals surface area contributed by atoms with Gasteiger partial charge in [0.25, 0.3) is 0 Å². The van der Waals surface area contributed by atoms with E-state index < -0.39 is 17.3 Å². The van der Waals surface area contributed by atoms with Crippen LogP contribution in [-0.2, 0) is 0 Å². The molecule has 2 atom stereocenters. The van der Waals surface area contributed by atoms with Crippen molar-refractivity contribution in [3.05, 3.63) is 36.5 Å². The van der Waals surface area contributed by atoms with Crippen LogP contribution >= 0.6 is 0 Å². The minimum absolute atomic E-state index is 0.225. The highest BCUT2D eigenvalue weighted by atomic mass is 16.3. The van der Waals surface area contributed by atoms with E-state index in [9.17, 15) is 15.3 Å². The van der Waals surface area contributed by atoms with Gasteiger partial charge < -0.3 is 15.3 Å². The average Bonchev–Trinajstić information content (AvgIpc) is 2.14. The molecule has 0 heterocycles. The lowest BCUT2D eigenvalue weighted by Gasteiger charge is -2.20. The molecule has 0 aliphatic carbocycles. The molecule has 0 aromatic carbocycles. The first-order valence-corrected chi connectivity index (χ1v) is 6.17. The fourth-order valence-corrected chi connectivity index (χ4v) is 1.50. The van der Waals surface area contributed by atoms with Crippen molar-refractivity contribution in [2.75, 3.05) is 0 Å². The van der Waals surface area contributed by atoms with Gasteiger partial charge in [-0.2, -0.15) is 0 Å². The molecule has 0 rings (SSSR count). The molecule has 0 spiro atoms. The normalized spacial score (nSPS) is 18.7. The first-order valence-electron chi connectivity index (χ1n) is 6.17. The first-order chi connectivity index (χ1) is 8.06. The molecule has 0 radical (unpaired) electrons. The molecular weight excluding hydrogens is 228 g/mol. The van der Waals surface area contributed by atoms with Gasteiger partial charge in [0.05, 0.1) is 17.3 Å². The number of aliphatic hydroxyl groups is 3. The Bertz CT molecular complexity index is 319. The second kappa shape index (κ2) is 6.88. The minimum Gasteiger partial charge on any atom is -0.389 e. The van der Waals surface area contributed by atoms with Crippen LogP contribution in [0.4, 0.5) is 0 Å². The molecule has 0 fully saturated rings. The van der Waals surface area contributed by atoms with Gasteiger partial charge in [-0.1, -0.05) is 29.9 Å². The van der Waals surface area contributed by atoms with E-state index in [2.05, 4.69) is 6.58 Å². The van der Waals surface area contributed by atoms with E-state index in [0.29, 0.717) is 6.42 Å². The standard InChI is InChI=1S/C15H26O3/c1-6-15(5,18)11-13(16)10-12(2)8-7-9-14(3,4)17/h6-7,9-10,13,16-18H,1,8,11H2,2-5H3/b9-7+,12-10+/t13-,15-/m0/s1. The van der Waals surface area contributed by atoms with E-state index in [4.69, 9.17) is 0 Å². The average molecular weight is 254 g/mol. The molecule has 0 aliphatic heterocycles. The predicted molar refractivity (Wildman–Crippen MR) is 75.3 cm³/mol. The van der Waals surface area contributed by atoms with Crippen molar-refractivity contribution < 1.29 is 15.3 Å². The van der Waals surface area contributed by atoms with Gasteiger partial charge in [0.1, 0.15) is 0 Å². The van der Waals surface area contributed by atoms with Crippen LogP contribution in [0.3, 0.4) is 0 Å². The fourth-order valence-electron chi connectivity index (χ4n) is 1.50. The summed E-state index contributed by atoms with van der Waals surface area (Å²) >= 11 is 0. The summed E-state index contributed by atoms with van der Waals surface area (Å²) in [5.41, 5.74) is -0.882. The molecule has 0 bridgehead atoms. The van der Waals surface area contributed by atoms with Gasteiger partial charge in [-0.25, -0.2) is 0 Å². The van der Waals surface area contributed by atoms with Crippen molar-refractivity contribution in [3.63, 3.8) is 0 Å². The van der Waals surface area contributed by atoms with Crippen LogP contribution in [0.25, 0.3) is 0 Å². The third-order valence-electron chi connectivity index (χ3n) is 2.50. The van der Waals surface area contributed by atoms with Crippen LogP contribution in [0, 0.1) is 0 Å². The minimum atomic E-state index is -1.06. The number of hydrogen-bond acceptors (Lipinski definition) is 3. The van der Waals surface area contributed by atoms with Crippen molar-refractivity contribution in [2.24, 2.45) is 0 Å². The first kappa shape index (κ1) is 17.1. The van der Waals surface area contributed by atoms with Gasteiger partial charge in [-0.3, -0.25) is 0 Å². The van der Waals surface area contributed by atoms with Crippen molar-refractivity contribution >= 4 is 0 Å². The Morgan fingerprint density at radius 2 is 1.83 bits per heavy atom. The number of rotatable bonds is 7. The lowest BCUT2D eigenvalue weighted by molar-refractivity contribution is 0.0574. The smallest absolute Gasteiger partial charge is 0.0824 e. The highest BCUT2D eigenvalue weighted by Crippen LogP contribution is 2.16. The van der Waals surface area contributed by atoms with Gasteiger partial charge in [-0.05, 0) is 34.1 Å². The molecule has 104 valence electrons. The summed E-state index contributed by atoms with van der Waals surface area (Å²) in [4.78, 5) is 0. The third kappa shape index (κ3) is 9.16. The summed E-state index contributed by atoms with van der Waals surface area (Å²) in [6.07, 6.45) is 6.91. The molecule has 0 saturated heterocycles. The molecular formula is C15H26O3. The van der Waals surface area contributed by atoms with Gasteiger partial charge in [-0.15, -0.1) is 6.58 Å². The van der Waals surface area contributed by atoms with Crippen LogP contribution in [0.5, 0.6) is 0 Å². The fraction of sp³-hybridized carbons (Fsp3) is 0.600. The van der Waals surface area contributed by atoms with Crippen molar-refractivity contribution in [3.8, 4) is 0 Å². The Hall–Kier alpha value is -0.900. The highest BCUT2D eigenvalue weighted by molar-refractivity contribution is 5.10. The molecule has 3 heteroatoms. The summed E-state index contributed by atoms with van der Waals surface area (Å²) < 4.78 is 0. The lowest BCUT2D eigenvalue weighted by Crippen LogP contribution is -2.26. The van der Waals surface area contributed by atoms with E-state index in [1.807, 2.05) is 13.0 Å². The van der Waals surface area contributed by atoms with E-state index in [-0.39, 0.29) is 6.42 Å². The maximum atomic E-state index is 9.79. The van der Waals surface area contributed by atoms with Crippen molar-refractivity contribution in [1.82, 2.24) is 0 Å². The zero-order valence-electron chi connectivity index (χ0n) is 11.8. The quantitative estimate of drug-likeness (QED) is 0.611. The molecule has 18 heavy (non-hydrogen) atoms. The van der Waals surface area contributed by atoms with Gasteiger partial charge >= 0.3 is 0 Å². The Balaban J connectivity index is 4.34. The molecule has 0 aromatic rings. The zero-order chi connectivity index (χ0) is 14.4. The highest BCUT2D eigenvalue weighted by Gasteiger charge is 2.19. The van der Waals surface area contributed by atoms with E-state index in [1.165, 1.54) is 6.08 Å². The lowest BCUT2D eigenvalue weighted by atomic mass is 9.97. The van der Waals surface area contributed by atoms with E-state index in [1.54, 1.807) is 32.9 Å². The van der Waals surface area contributed by atoms with Crippen LogP contribution in [-0.4, -0.2) is 32.6 Å². The third-order valence-corrected chi connectivity index (χ3v) is 2.50. The van der Waals surface area contributed by atoms with Crippen molar-refractivity contribution in [2.45, 2.75) is 57.8 Å². The molecule has 0 saturated carbocycles. The summed E-state index contributed by atoms with van der Waals surface area (Å²) in [6.45, 7) is 10.4. The Morgan fingerprint density at radius 1 is 1.28 bits per heavy atom. The van der Waals surface area contributed by atoms with Crippen LogP contribution in [0.15, 0.2) is 36.5 Å². The molecule has 0 amide bonds. The van der Waals surface area contributed by atoms with Gasteiger partial charge in [0.2, 0.25) is 0 Å². The molecule has 3 nitrogen and oxygen atoms in total. The number of aliphatic hydroxyl groups excluding tert-OH is 1. The molecule has 0 unspecified atom stereocenters. The SMILES string of the molecule is C=C[C@](C)(O)C[C@@H](O)/C=C(\C)C/C=C/C(C)(C)O. The maximum Gasteiger partial charge on any atom is 0.0824 e. The van der Waals surface area contributed by atoms with E-state index >= 15 is 0 Å². The maximum absolute atomic E-state index is 9.79. The van der Waals surface area contributed by atoms with Crippen molar-refractivity contribution in [1.29, 1.82) is 0 Å². The second-order valence-electron chi connectivity index (χ2n) is 5.61. The molecule has 0 aromatic heterocycles. The summed E-state index contributed by atoms with van der Waals surface area (Å²) in [7, 11) is 0. The van der Waals surface area contributed by atoms with Gasteiger partial charge in [0.15, 0.2) is 0 Å². The van der Waals surface area contributed by atoms with Crippen LogP contribution in [0.1, 0.15) is 40.5 Å². The largest absolute Gasteiger partial charge is 0.389 e. The topological polar surface area (TPSA) is 60.7 Å².